The molecule has 23 heavy (non-hydrogen) atoms. The first-order chi connectivity index (χ1) is 10.1. The van der Waals surface area contributed by atoms with Crippen LogP contribution in [0, 0.1) is 6.92 Å². The number of hydrogen-bond donors (Lipinski definition) is 1. The van der Waals surface area contributed by atoms with Gasteiger partial charge in [-0.1, -0.05) is 29.8 Å². The van der Waals surface area contributed by atoms with E-state index in [1.807, 2.05) is 10.3 Å². The summed E-state index contributed by atoms with van der Waals surface area (Å²) in [7, 11) is 0. The highest BCUT2D eigenvalue weighted by Crippen LogP contribution is 2.24. The quantitative estimate of drug-likeness (QED) is 0.898. The molecule has 0 spiro atoms. The molecule has 1 saturated heterocycles. The monoisotopic (exact) mass is 373 g/mol. The summed E-state index contributed by atoms with van der Waals surface area (Å²) in [5.41, 5.74) is 9.03. The number of hydrogen-bond acceptors (Lipinski definition) is 4. The molecule has 4 nitrogen and oxygen atoms in total. The van der Waals surface area contributed by atoms with Crippen molar-refractivity contribution in [1.29, 1.82) is 0 Å². The van der Waals surface area contributed by atoms with Crippen molar-refractivity contribution in [3.05, 3.63) is 40.9 Å². The van der Waals surface area contributed by atoms with Crippen LogP contribution in [0.3, 0.4) is 0 Å². The van der Waals surface area contributed by atoms with E-state index in [1.54, 1.807) is 11.3 Å². The number of carbonyl (C=O) groups is 1. The Hall–Kier alpha value is -1.14. The van der Waals surface area contributed by atoms with Crippen LogP contribution in [0.15, 0.2) is 29.6 Å². The van der Waals surface area contributed by atoms with E-state index in [9.17, 15) is 4.79 Å². The average Bonchev–Trinajstić information content (AvgIpc) is 3.09. The molecule has 1 atom stereocenters. The molecule has 2 N–H and O–H groups in total. The Labute approximate surface area is 152 Å². The van der Waals surface area contributed by atoms with Gasteiger partial charge in [0.15, 0.2) is 0 Å². The van der Waals surface area contributed by atoms with Gasteiger partial charge in [-0.2, -0.15) is 0 Å². The molecular formula is C16H21Cl2N3OS. The highest BCUT2D eigenvalue weighted by atomic mass is 35.5. The van der Waals surface area contributed by atoms with Crippen molar-refractivity contribution in [3.8, 4) is 10.6 Å². The SMILES string of the molecule is Cc1ccc(-c2nc(CC(=O)N3CC[C@@H](N)C3)cs2)cc1.Cl.Cl. The van der Waals surface area contributed by atoms with Gasteiger partial charge < -0.3 is 10.6 Å². The van der Waals surface area contributed by atoms with Gasteiger partial charge in [0.1, 0.15) is 5.01 Å². The topological polar surface area (TPSA) is 59.2 Å². The number of aryl methyl sites for hydroxylation is 1. The summed E-state index contributed by atoms with van der Waals surface area (Å²) in [6, 6.07) is 8.42. The van der Waals surface area contributed by atoms with Gasteiger partial charge in [-0.05, 0) is 13.3 Å². The van der Waals surface area contributed by atoms with Crippen molar-refractivity contribution >= 4 is 42.1 Å². The average molecular weight is 374 g/mol. The van der Waals surface area contributed by atoms with Crippen LogP contribution in [0.2, 0.25) is 0 Å². The molecule has 0 unspecified atom stereocenters. The number of halogens is 2. The number of aromatic nitrogens is 1. The van der Waals surface area contributed by atoms with Crippen LogP contribution in [0.1, 0.15) is 17.7 Å². The minimum Gasteiger partial charge on any atom is -0.341 e. The second kappa shape index (κ2) is 8.64. The largest absolute Gasteiger partial charge is 0.341 e. The van der Waals surface area contributed by atoms with E-state index in [0.717, 1.165) is 29.2 Å². The number of nitrogens with two attached hydrogens (primary N) is 1. The Bertz CT molecular complexity index is 645. The Morgan fingerprint density at radius 1 is 1.35 bits per heavy atom. The van der Waals surface area contributed by atoms with Gasteiger partial charge in [0.25, 0.3) is 0 Å². The standard InChI is InChI=1S/C16H19N3OS.2ClH/c1-11-2-4-12(5-3-11)16-18-14(10-21-16)8-15(20)19-7-6-13(17)9-19;;/h2-5,10,13H,6-9,17H2,1H3;2*1H/t13-;;/m1../s1. The Balaban J connectivity index is 0.00000132. The lowest BCUT2D eigenvalue weighted by Gasteiger charge is -2.14. The molecule has 2 heterocycles. The smallest absolute Gasteiger partial charge is 0.228 e. The van der Waals surface area contributed by atoms with E-state index in [1.165, 1.54) is 5.56 Å². The molecule has 126 valence electrons. The Morgan fingerprint density at radius 3 is 2.65 bits per heavy atom. The first kappa shape index (κ1) is 19.9. The lowest BCUT2D eigenvalue weighted by atomic mass is 10.2. The lowest BCUT2D eigenvalue weighted by molar-refractivity contribution is -0.129. The predicted octanol–water partition coefficient (Wildman–Crippen LogP) is 3.06. The fourth-order valence-electron chi connectivity index (χ4n) is 2.50. The Kier molecular flexibility index (Phi) is 7.48. The molecule has 0 radical (unpaired) electrons. The van der Waals surface area contributed by atoms with Crippen LogP contribution in [0.25, 0.3) is 10.6 Å². The van der Waals surface area contributed by atoms with Crippen LogP contribution >= 0.6 is 36.2 Å². The molecule has 1 aromatic heterocycles. The number of rotatable bonds is 3. The normalized spacial score (nSPS) is 16.6. The zero-order valence-corrected chi connectivity index (χ0v) is 15.3. The minimum absolute atomic E-state index is 0. The van der Waals surface area contributed by atoms with Gasteiger partial charge in [0, 0.05) is 30.1 Å². The third-order valence-corrected chi connectivity index (χ3v) is 4.70. The third kappa shape index (κ3) is 4.91. The summed E-state index contributed by atoms with van der Waals surface area (Å²) in [6.07, 6.45) is 1.27. The second-order valence-electron chi connectivity index (χ2n) is 5.58. The summed E-state index contributed by atoms with van der Waals surface area (Å²) in [4.78, 5) is 18.6. The number of carbonyl (C=O) groups excluding carboxylic acids is 1. The summed E-state index contributed by atoms with van der Waals surface area (Å²) >= 11 is 1.59. The number of nitrogens with zero attached hydrogens (tertiary/aromatic N) is 2. The van der Waals surface area contributed by atoms with Crippen molar-refractivity contribution in [2.75, 3.05) is 13.1 Å². The Morgan fingerprint density at radius 2 is 2.04 bits per heavy atom. The zero-order valence-electron chi connectivity index (χ0n) is 12.9. The molecule has 1 aliphatic heterocycles. The van der Waals surface area contributed by atoms with Crippen molar-refractivity contribution in [2.45, 2.75) is 25.8 Å². The molecule has 1 fully saturated rings. The molecule has 1 aromatic carbocycles. The van der Waals surface area contributed by atoms with E-state index in [2.05, 4.69) is 36.2 Å². The predicted molar refractivity (Wildman–Crippen MR) is 99.7 cm³/mol. The van der Waals surface area contributed by atoms with Gasteiger partial charge in [-0.3, -0.25) is 4.79 Å². The van der Waals surface area contributed by atoms with E-state index >= 15 is 0 Å². The summed E-state index contributed by atoms with van der Waals surface area (Å²) in [6.45, 7) is 3.51. The summed E-state index contributed by atoms with van der Waals surface area (Å²) in [5.74, 6) is 0.128. The highest BCUT2D eigenvalue weighted by molar-refractivity contribution is 7.13. The first-order valence-electron chi connectivity index (χ1n) is 7.16. The van der Waals surface area contributed by atoms with E-state index in [0.29, 0.717) is 13.0 Å². The van der Waals surface area contributed by atoms with Gasteiger partial charge in [0.2, 0.25) is 5.91 Å². The van der Waals surface area contributed by atoms with Crippen LogP contribution in [0.5, 0.6) is 0 Å². The fourth-order valence-corrected chi connectivity index (χ4v) is 3.32. The van der Waals surface area contributed by atoms with Crippen molar-refractivity contribution < 1.29 is 4.79 Å². The van der Waals surface area contributed by atoms with Crippen LogP contribution < -0.4 is 5.73 Å². The second-order valence-corrected chi connectivity index (χ2v) is 6.43. The molecule has 7 heteroatoms. The molecule has 0 saturated carbocycles. The number of thiazole rings is 1. The maximum atomic E-state index is 12.2. The third-order valence-electron chi connectivity index (χ3n) is 3.76. The number of amides is 1. The molecule has 2 aromatic rings. The van der Waals surface area contributed by atoms with Crippen LogP contribution in [-0.4, -0.2) is 34.9 Å². The zero-order chi connectivity index (χ0) is 14.8. The highest BCUT2D eigenvalue weighted by Gasteiger charge is 2.24. The van der Waals surface area contributed by atoms with Crippen molar-refractivity contribution in [2.24, 2.45) is 5.73 Å². The number of likely N-dealkylation sites (tertiary alicyclic amines) is 1. The van der Waals surface area contributed by atoms with Gasteiger partial charge in [0.05, 0.1) is 12.1 Å². The lowest BCUT2D eigenvalue weighted by Crippen LogP contribution is -2.32. The van der Waals surface area contributed by atoms with E-state index < -0.39 is 0 Å². The van der Waals surface area contributed by atoms with Gasteiger partial charge >= 0.3 is 0 Å². The molecule has 0 bridgehead atoms. The first-order valence-corrected chi connectivity index (χ1v) is 8.04. The molecule has 3 rings (SSSR count). The maximum absolute atomic E-state index is 12.2. The fraction of sp³-hybridized carbons (Fsp3) is 0.375. The van der Waals surface area contributed by atoms with Gasteiger partial charge in [-0.15, -0.1) is 36.2 Å². The van der Waals surface area contributed by atoms with E-state index in [4.69, 9.17) is 5.73 Å². The molecular weight excluding hydrogens is 353 g/mol. The number of benzene rings is 1. The van der Waals surface area contributed by atoms with Crippen LogP contribution in [0.4, 0.5) is 0 Å². The molecule has 0 aliphatic carbocycles. The van der Waals surface area contributed by atoms with Crippen LogP contribution in [-0.2, 0) is 11.2 Å². The van der Waals surface area contributed by atoms with Gasteiger partial charge in [-0.25, -0.2) is 4.98 Å². The van der Waals surface area contributed by atoms with Crippen molar-refractivity contribution in [3.63, 3.8) is 0 Å². The summed E-state index contributed by atoms with van der Waals surface area (Å²) < 4.78 is 0. The van der Waals surface area contributed by atoms with E-state index in [-0.39, 0.29) is 36.8 Å². The minimum atomic E-state index is 0. The summed E-state index contributed by atoms with van der Waals surface area (Å²) in [5, 5.41) is 2.94. The maximum Gasteiger partial charge on any atom is 0.228 e. The van der Waals surface area contributed by atoms with Crippen molar-refractivity contribution in [1.82, 2.24) is 9.88 Å². The molecule has 1 aliphatic rings. The molecule has 1 amide bonds.